The average molecular weight is 382 g/mol. The number of carbonyl (C=O) groups excluding carboxylic acids is 1. The Hall–Kier alpha value is -2.25. The normalized spacial score (nSPS) is 22.5. The van der Waals surface area contributed by atoms with Gasteiger partial charge in [-0.05, 0) is 38.1 Å². The molecule has 27 heavy (non-hydrogen) atoms. The number of benzene rings is 1. The molecule has 0 bridgehead atoms. The van der Waals surface area contributed by atoms with Crippen molar-refractivity contribution in [1.82, 2.24) is 19.4 Å². The number of aromatic nitrogens is 3. The van der Waals surface area contributed by atoms with E-state index in [0.29, 0.717) is 6.54 Å². The van der Waals surface area contributed by atoms with Gasteiger partial charge in [0.05, 0.1) is 35.9 Å². The molecule has 2 aromatic heterocycles. The molecule has 2 fully saturated rings. The summed E-state index contributed by atoms with van der Waals surface area (Å²) in [5, 5.41) is 3.16. The van der Waals surface area contributed by atoms with Crippen molar-refractivity contribution in [3.05, 3.63) is 47.2 Å². The standard InChI is InChI=1S/C20H22N4O2S/c25-19-20(5-8-23(9-6-20)13-18-21-7-10-27-18)11-15(26-19)12-24-14-22-16-3-1-2-4-17(16)24/h1-4,7,10,14-15H,5-6,8-9,11-13H2. The number of thiazole rings is 1. The van der Waals surface area contributed by atoms with Gasteiger partial charge in [-0.15, -0.1) is 11.3 Å². The van der Waals surface area contributed by atoms with Crippen molar-refractivity contribution >= 4 is 28.3 Å². The van der Waals surface area contributed by atoms with Crippen molar-refractivity contribution in [3.63, 3.8) is 0 Å². The van der Waals surface area contributed by atoms with Crippen LogP contribution in [0.15, 0.2) is 42.2 Å². The fourth-order valence-electron chi connectivity index (χ4n) is 4.38. The molecule has 3 aromatic rings. The van der Waals surface area contributed by atoms with Crippen molar-refractivity contribution in [1.29, 1.82) is 0 Å². The molecule has 0 amide bonds. The van der Waals surface area contributed by atoms with E-state index in [1.54, 1.807) is 11.3 Å². The molecule has 0 radical (unpaired) electrons. The van der Waals surface area contributed by atoms with Gasteiger partial charge in [0.25, 0.3) is 0 Å². The van der Waals surface area contributed by atoms with Crippen molar-refractivity contribution in [2.45, 2.75) is 38.5 Å². The first-order chi connectivity index (χ1) is 13.2. The smallest absolute Gasteiger partial charge is 0.312 e. The van der Waals surface area contributed by atoms with Crippen LogP contribution in [0.25, 0.3) is 11.0 Å². The number of imidazole rings is 1. The van der Waals surface area contributed by atoms with Crippen LogP contribution in [0.5, 0.6) is 0 Å². The van der Waals surface area contributed by atoms with E-state index in [-0.39, 0.29) is 17.5 Å². The number of likely N-dealkylation sites (tertiary alicyclic amines) is 1. The van der Waals surface area contributed by atoms with E-state index in [0.717, 1.165) is 54.9 Å². The fourth-order valence-corrected chi connectivity index (χ4v) is 5.04. The molecule has 2 saturated heterocycles. The van der Waals surface area contributed by atoms with Crippen LogP contribution in [0, 0.1) is 5.41 Å². The molecule has 0 N–H and O–H groups in total. The third-order valence-electron chi connectivity index (χ3n) is 5.91. The molecule has 5 rings (SSSR count). The first kappa shape index (κ1) is 16.9. The van der Waals surface area contributed by atoms with Gasteiger partial charge in [0.15, 0.2) is 0 Å². The van der Waals surface area contributed by atoms with Crippen LogP contribution in [0.4, 0.5) is 0 Å². The fraction of sp³-hybridized carbons (Fsp3) is 0.450. The topological polar surface area (TPSA) is 60.3 Å². The molecule has 1 unspecified atom stereocenters. The Balaban J connectivity index is 1.24. The number of rotatable bonds is 4. The lowest BCUT2D eigenvalue weighted by Crippen LogP contribution is -2.42. The largest absolute Gasteiger partial charge is 0.460 e. The minimum atomic E-state index is -0.305. The van der Waals surface area contributed by atoms with E-state index in [1.807, 2.05) is 36.1 Å². The molecule has 7 heteroatoms. The number of piperidine rings is 1. The third-order valence-corrected chi connectivity index (χ3v) is 6.67. The number of para-hydroxylation sites is 2. The summed E-state index contributed by atoms with van der Waals surface area (Å²) in [6.45, 7) is 3.41. The number of nitrogens with zero attached hydrogens (tertiary/aromatic N) is 4. The maximum Gasteiger partial charge on any atom is 0.312 e. The highest BCUT2D eigenvalue weighted by molar-refractivity contribution is 7.09. The zero-order valence-electron chi connectivity index (χ0n) is 15.1. The lowest BCUT2D eigenvalue weighted by atomic mass is 9.76. The van der Waals surface area contributed by atoms with E-state index in [2.05, 4.69) is 25.5 Å². The molecule has 1 aromatic carbocycles. The highest BCUT2D eigenvalue weighted by Gasteiger charge is 2.50. The molecule has 1 atom stereocenters. The summed E-state index contributed by atoms with van der Waals surface area (Å²) in [6.07, 6.45) is 6.19. The van der Waals surface area contributed by atoms with Gasteiger partial charge in [0.2, 0.25) is 0 Å². The number of fused-ring (bicyclic) bond motifs is 1. The Morgan fingerprint density at radius 3 is 2.89 bits per heavy atom. The van der Waals surface area contributed by atoms with Gasteiger partial charge in [-0.2, -0.15) is 0 Å². The first-order valence-electron chi connectivity index (χ1n) is 9.44. The quantitative estimate of drug-likeness (QED) is 0.649. The van der Waals surface area contributed by atoms with Gasteiger partial charge in [-0.3, -0.25) is 9.69 Å². The van der Waals surface area contributed by atoms with E-state index in [4.69, 9.17) is 4.74 Å². The predicted octanol–water partition coefficient (Wildman–Crippen LogP) is 3.09. The van der Waals surface area contributed by atoms with Crippen molar-refractivity contribution in [2.24, 2.45) is 5.41 Å². The summed E-state index contributed by atoms with van der Waals surface area (Å²) >= 11 is 1.69. The zero-order chi connectivity index (χ0) is 18.3. The lowest BCUT2D eigenvalue weighted by molar-refractivity contribution is -0.151. The van der Waals surface area contributed by atoms with Crippen LogP contribution in [0.1, 0.15) is 24.3 Å². The molecule has 4 heterocycles. The Morgan fingerprint density at radius 2 is 2.07 bits per heavy atom. The van der Waals surface area contributed by atoms with Crippen molar-refractivity contribution < 1.29 is 9.53 Å². The Morgan fingerprint density at radius 1 is 1.22 bits per heavy atom. The average Bonchev–Trinajstić information content (AvgIpc) is 3.39. The Kier molecular flexibility index (Phi) is 4.21. The van der Waals surface area contributed by atoms with Crippen molar-refractivity contribution in [2.75, 3.05) is 13.1 Å². The molecule has 2 aliphatic heterocycles. The van der Waals surface area contributed by atoms with Crippen LogP contribution in [0.2, 0.25) is 0 Å². The summed E-state index contributed by atoms with van der Waals surface area (Å²) in [7, 11) is 0. The molecule has 0 aliphatic carbocycles. The van der Waals surface area contributed by atoms with Gasteiger partial charge in [0, 0.05) is 18.0 Å². The number of hydrogen-bond acceptors (Lipinski definition) is 6. The van der Waals surface area contributed by atoms with Crippen LogP contribution in [-0.4, -0.2) is 44.6 Å². The molecular weight excluding hydrogens is 360 g/mol. The summed E-state index contributed by atoms with van der Waals surface area (Å²) < 4.78 is 7.90. The second-order valence-corrected chi connectivity index (χ2v) is 8.58. The second-order valence-electron chi connectivity index (χ2n) is 7.60. The van der Waals surface area contributed by atoms with Crippen LogP contribution < -0.4 is 0 Å². The van der Waals surface area contributed by atoms with Gasteiger partial charge in [-0.25, -0.2) is 9.97 Å². The van der Waals surface area contributed by atoms with Crippen LogP contribution in [0.3, 0.4) is 0 Å². The van der Waals surface area contributed by atoms with E-state index in [1.165, 1.54) is 0 Å². The summed E-state index contributed by atoms with van der Waals surface area (Å²) in [6, 6.07) is 8.07. The minimum Gasteiger partial charge on any atom is -0.460 e. The Labute approximate surface area is 161 Å². The monoisotopic (exact) mass is 382 g/mol. The molecule has 2 aliphatic rings. The minimum absolute atomic E-state index is 0.00850. The number of carbonyl (C=O) groups is 1. The number of ether oxygens (including phenoxy) is 1. The van der Waals surface area contributed by atoms with Gasteiger partial charge in [0.1, 0.15) is 11.1 Å². The third kappa shape index (κ3) is 3.15. The summed E-state index contributed by atoms with van der Waals surface area (Å²) in [5.74, 6) is -0.00850. The molecule has 140 valence electrons. The lowest BCUT2D eigenvalue weighted by Gasteiger charge is -2.36. The zero-order valence-corrected chi connectivity index (χ0v) is 15.9. The van der Waals surface area contributed by atoms with E-state index < -0.39 is 0 Å². The Bertz CT molecular complexity index is 944. The SMILES string of the molecule is O=C1OC(Cn2cnc3ccccc32)CC12CCN(Cc1nccs1)CC2. The number of esters is 1. The molecule has 6 nitrogen and oxygen atoms in total. The number of hydrogen-bond donors (Lipinski definition) is 0. The van der Waals surface area contributed by atoms with E-state index >= 15 is 0 Å². The first-order valence-corrected chi connectivity index (χ1v) is 10.3. The number of cyclic esters (lactones) is 1. The van der Waals surface area contributed by atoms with Crippen LogP contribution >= 0.6 is 11.3 Å². The summed E-state index contributed by atoms with van der Waals surface area (Å²) in [4.78, 5) is 23.9. The molecule has 1 spiro atoms. The summed E-state index contributed by atoms with van der Waals surface area (Å²) in [5.41, 5.74) is 1.76. The second kappa shape index (κ2) is 6.73. The molecular formula is C20H22N4O2S. The van der Waals surface area contributed by atoms with E-state index in [9.17, 15) is 4.79 Å². The van der Waals surface area contributed by atoms with Gasteiger partial charge < -0.3 is 9.30 Å². The maximum atomic E-state index is 12.7. The molecule has 0 saturated carbocycles. The maximum absolute atomic E-state index is 12.7. The van der Waals surface area contributed by atoms with Gasteiger partial charge in [-0.1, -0.05) is 12.1 Å². The highest BCUT2D eigenvalue weighted by Crippen LogP contribution is 2.43. The van der Waals surface area contributed by atoms with Crippen LogP contribution in [-0.2, 0) is 22.6 Å². The predicted molar refractivity (Wildman–Crippen MR) is 103 cm³/mol. The highest BCUT2D eigenvalue weighted by atomic mass is 32.1. The van der Waals surface area contributed by atoms with Gasteiger partial charge >= 0.3 is 5.97 Å². The van der Waals surface area contributed by atoms with Crippen molar-refractivity contribution in [3.8, 4) is 0 Å².